The van der Waals surface area contributed by atoms with E-state index in [4.69, 9.17) is 4.74 Å². The fourth-order valence-electron chi connectivity index (χ4n) is 3.12. The lowest BCUT2D eigenvalue weighted by molar-refractivity contribution is -0.117. The molecule has 0 amide bonds. The molecule has 6 nitrogen and oxygen atoms in total. The van der Waals surface area contributed by atoms with Crippen LogP contribution in [0.4, 0.5) is 0 Å². The molecule has 0 N–H and O–H groups in total. The molecule has 4 rings (SSSR count). The van der Waals surface area contributed by atoms with Gasteiger partial charge in [0.2, 0.25) is 5.78 Å². The summed E-state index contributed by atoms with van der Waals surface area (Å²) >= 11 is 0. The van der Waals surface area contributed by atoms with E-state index < -0.39 is 21.5 Å². The molecule has 0 aliphatic carbocycles. The first-order chi connectivity index (χ1) is 12.8. The predicted octanol–water partition coefficient (Wildman–Crippen LogP) is 2.50. The molecule has 2 heterocycles. The van der Waals surface area contributed by atoms with Crippen molar-refractivity contribution in [1.82, 2.24) is 4.41 Å². The number of aryl methyl sites for hydroxylation is 1. The highest BCUT2D eigenvalue weighted by atomic mass is 32.2. The normalized spacial score (nSPS) is 24.6. The van der Waals surface area contributed by atoms with Crippen LogP contribution >= 0.6 is 0 Å². The first kappa shape index (κ1) is 17.9. The molecule has 140 valence electrons. The van der Waals surface area contributed by atoms with Crippen molar-refractivity contribution in [2.24, 2.45) is 5.10 Å². The van der Waals surface area contributed by atoms with Gasteiger partial charge in [-0.15, -0.1) is 0 Å². The van der Waals surface area contributed by atoms with E-state index in [1.807, 2.05) is 37.3 Å². The van der Waals surface area contributed by atoms with Crippen LogP contribution in [0, 0.1) is 6.92 Å². The maximum atomic E-state index is 13.0. The summed E-state index contributed by atoms with van der Waals surface area (Å²) in [6.07, 6.45) is 0. The summed E-state index contributed by atoms with van der Waals surface area (Å²) in [7, 11) is -3.84. The SMILES string of the molecule is Cc1ccc(S(=O)(=O)N2C[C@@H](c3ccccc3)C(C(=O)[C@]3(C)CO3)=N2)cc1. The molecule has 0 aromatic heterocycles. The molecular formula is C20H20N2O4S. The third-order valence-corrected chi connectivity index (χ3v) is 6.63. The number of nitrogens with zero attached hydrogens (tertiary/aromatic N) is 2. The molecule has 0 unspecified atom stereocenters. The largest absolute Gasteiger partial charge is 0.361 e. The fraction of sp³-hybridized carbons (Fsp3) is 0.300. The van der Waals surface area contributed by atoms with Crippen LogP contribution in [0.1, 0.15) is 24.0 Å². The summed E-state index contributed by atoms with van der Waals surface area (Å²) in [5.41, 5.74) is 1.17. The number of ketones is 1. The number of hydrogen-bond acceptors (Lipinski definition) is 5. The van der Waals surface area contributed by atoms with Crippen molar-refractivity contribution in [3.8, 4) is 0 Å². The molecule has 2 atom stereocenters. The van der Waals surface area contributed by atoms with E-state index in [2.05, 4.69) is 5.10 Å². The molecule has 2 aliphatic rings. The van der Waals surface area contributed by atoms with Crippen LogP contribution in [0.25, 0.3) is 0 Å². The Hall–Kier alpha value is -2.51. The number of ether oxygens (including phenoxy) is 1. The molecule has 1 fully saturated rings. The van der Waals surface area contributed by atoms with Gasteiger partial charge in [-0.2, -0.15) is 17.9 Å². The standard InChI is InChI=1S/C20H20N2O4S/c1-14-8-10-16(11-9-14)27(24,25)22-12-17(15-6-4-3-5-7-15)18(21-22)19(23)20(2)13-26-20/h3-11,17H,12-13H2,1-2H3/t17-,20-/m0/s1. The van der Waals surface area contributed by atoms with Crippen molar-refractivity contribution in [3.05, 3.63) is 65.7 Å². The van der Waals surface area contributed by atoms with Gasteiger partial charge in [-0.3, -0.25) is 4.79 Å². The maximum absolute atomic E-state index is 13.0. The highest BCUT2D eigenvalue weighted by Gasteiger charge is 2.52. The zero-order chi connectivity index (χ0) is 19.2. The summed E-state index contributed by atoms with van der Waals surface area (Å²) in [4.78, 5) is 13.0. The van der Waals surface area contributed by atoms with Gasteiger partial charge >= 0.3 is 0 Å². The zero-order valence-electron chi connectivity index (χ0n) is 15.1. The minimum atomic E-state index is -3.84. The van der Waals surface area contributed by atoms with E-state index in [0.717, 1.165) is 15.5 Å². The molecular weight excluding hydrogens is 364 g/mol. The summed E-state index contributed by atoms with van der Waals surface area (Å²) in [6, 6.07) is 16.0. The average Bonchev–Trinajstić information content (AvgIpc) is 3.26. The van der Waals surface area contributed by atoms with Gasteiger partial charge in [0, 0.05) is 0 Å². The lowest BCUT2D eigenvalue weighted by atomic mass is 9.89. The summed E-state index contributed by atoms with van der Waals surface area (Å²) in [5.74, 6) is -0.669. The van der Waals surface area contributed by atoms with Gasteiger partial charge in [0.1, 0.15) is 5.71 Å². The summed E-state index contributed by atoms with van der Waals surface area (Å²) in [6.45, 7) is 4.02. The number of Topliss-reactive ketones (excluding diaryl/α,β-unsaturated/α-hetero) is 1. The molecule has 1 saturated heterocycles. The molecule has 2 aromatic carbocycles. The van der Waals surface area contributed by atoms with Gasteiger partial charge in [-0.1, -0.05) is 48.0 Å². The summed E-state index contributed by atoms with van der Waals surface area (Å²) < 4.78 is 32.4. The number of rotatable bonds is 5. The van der Waals surface area contributed by atoms with Crippen molar-refractivity contribution in [2.45, 2.75) is 30.3 Å². The first-order valence-corrected chi connectivity index (χ1v) is 10.2. The molecule has 0 bridgehead atoms. The van der Waals surface area contributed by atoms with E-state index in [1.165, 1.54) is 0 Å². The lowest BCUT2D eigenvalue weighted by Gasteiger charge is -2.17. The molecule has 2 aromatic rings. The number of benzene rings is 2. The van der Waals surface area contributed by atoms with Gasteiger partial charge in [0.05, 0.1) is 24.0 Å². The van der Waals surface area contributed by atoms with Crippen molar-refractivity contribution in [1.29, 1.82) is 0 Å². The predicted molar refractivity (Wildman–Crippen MR) is 101 cm³/mol. The highest BCUT2D eigenvalue weighted by molar-refractivity contribution is 7.89. The number of sulfonamides is 1. The third-order valence-electron chi connectivity index (χ3n) is 4.98. The van der Waals surface area contributed by atoms with Crippen molar-refractivity contribution >= 4 is 21.5 Å². The quantitative estimate of drug-likeness (QED) is 0.742. The molecule has 0 spiro atoms. The second-order valence-electron chi connectivity index (χ2n) is 7.12. The van der Waals surface area contributed by atoms with E-state index >= 15 is 0 Å². The van der Waals surface area contributed by atoms with Crippen molar-refractivity contribution in [3.63, 3.8) is 0 Å². The number of carbonyl (C=O) groups excluding carboxylic acids is 1. The van der Waals surface area contributed by atoms with Gasteiger partial charge in [-0.25, -0.2) is 0 Å². The summed E-state index contributed by atoms with van der Waals surface area (Å²) in [5, 5.41) is 4.26. The molecule has 0 radical (unpaired) electrons. The zero-order valence-corrected chi connectivity index (χ0v) is 15.9. The Labute approximate surface area is 158 Å². The Morgan fingerprint density at radius 1 is 1.15 bits per heavy atom. The van der Waals surface area contributed by atoms with Gasteiger partial charge < -0.3 is 4.74 Å². The maximum Gasteiger partial charge on any atom is 0.279 e. The highest BCUT2D eigenvalue weighted by Crippen LogP contribution is 2.35. The fourth-order valence-corrected chi connectivity index (χ4v) is 4.38. The molecule has 2 aliphatic heterocycles. The minimum absolute atomic E-state index is 0.0946. The van der Waals surface area contributed by atoms with Gasteiger partial charge in [0.15, 0.2) is 5.60 Å². The lowest BCUT2D eigenvalue weighted by Crippen LogP contribution is -2.32. The van der Waals surface area contributed by atoms with Crippen LogP contribution in [0.3, 0.4) is 0 Å². The Bertz CT molecular complexity index is 1010. The third kappa shape index (κ3) is 3.17. The van der Waals surface area contributed by atoms with E-state index in [9.17, 15) is 13.2 Å². The second kappa shape index (κ2) is 6.28. The van der Waals surface area contributed by atoms with Gasteiger partial charge in [-0.05, 0) is 31.5 Å². The van der Waals surface area contributed by atoms with Crippen LogP contribution in [0.5, 0.6) is 0 Å². The van der Waals surface area contributed by atoms with Crippen LogP contribution in [-0.2, 0) is 19.6 Å². The first-order valence-electron chi connectivity index (χ1n) is 8.73. The van der Waals surface area contributed by atoms with Crippen LogP contribution in [0.2, 0.25) is 0 Å². The molecule has 0 saturated carbocycles. The number of epoxide rings is 1. The second-order valence-corrected chi connectivity index (χ2v) is 8.96. The molecule has 27 heavy (non-hydrogen) atoms. The Morgan fingerprint density at radius 2 is 1.78 bits per heavy atom. The Balaban J connectivity index is 1.73. The monoisotopic (exact) mass is 384 g/mol. The van der Waals surface area contributed by atoms with Crippen LogP contribution in [-0.4, -0.2) is 43.1 Å². The topological polar surface area (TPSA) is 79.3 Å². The Kier molecular flexibility index (Phi) is 4.16. The number of hydrogen-bond donors (Lipinski definition) is 0. The number of hydrazone groups is 1. The van der Waals surface area contributed by atoms with Crippen LogP contribution < -0.4 is 0 Å². The van der Waals surface area contributed by atoms with E-state index in [1.54, 1.807) is 31.2 Å². The van der Waals surface area contributed by atoms with Crippen molar-refractivity contribution < 1.29 is 17.9 Å². The van der Waals surface area contributed by atoms with Crippen LogP contribution in [0.15, 0.2) is 64.6 Å². The smallest absolute Gasteiger partial charge is 0.279 e. The van der Waals surface area contributed by atoms with Gasteiger partial charge in [0.25, 0.3) is 10.0 Å². The van der Waals surface area contributed by atoms with Crippen molar-refractivity contribution in [2.75, 3.05) is 13.2 Å². The van der Waals surface area contributed by atoms with E-state index in [-0.39, 0.29) is 22.9 Å². The Morgan fingerprint density at radius 3 is 2.37 bits per heavy atom. The average molecular weight is 384 g/mol. The minimum Gasteiger partial charge on any atom is -0.361 e. The number of carbonyl (C=O) groups is 1. The van der Waals surface area contributed by atoms with E-state index in [0.29, 0.717) is 6.61 Å². The molecule has 7 heteroatoms.